The number of fused-ring (bicyclic) bond motifs is 1. The topological polar surface area (TPSA) is 48.3 Å². The SMILES string of the molecule is C[C@@H]1C[C@H]1C(=O)OCC(=O)c1c(-c2ccccc2)n(C)c2ccccc12. The zero-order valence-electron chi connectivity index (χ0n) is 14.9. The van der Waals surface area contributed by atoms with Gasteiger partial charge >= 0.3 is 5.97 Å². The standard InChI is InChI=1S/C22H21NO3/c1-14-12-17(14)22(25)26-13-19(24)20-16-10-6-7-11-18(16)23(2)21(20)15-8-4-3-5-9-15/h3-11,14,17H,12-13H2,1-2H3/t14-,17-/m1/s1. The predicted molar refractivity (Wildman–Crippen MR) is 101 cm³/mol. The fourth-order valence-electron chi connectivity index (χ4n) is 3.58. The van der Waals surface area contributed by atoms with Crippen LogP contribution >= 0.6 is 0 Å². The molecule has 2 atom stereocenters. The molecule has 1 aliphatic carbocycles. The summed E-state index contributed by atoms with van der Waals surface area (Å²) in [4.78, 5) is 25.0. The van der Waals surface area contributed by atoms with Gasteiger partial charge in [0, 0.05) is 18.0 Å². The van der Waals surface area contributed by atoms with Crippen molar-refractivity contribution in [3.63, 3.8) is 0 Å². The summed E-state index contributed by atoms with van der Waals surface area (Å²) in [5.74, 6) is -0.0893. The molecule has 1 fully saturated rings. The van der Waals surface area contributed by atoms with Gasteiger partial charge in [-0.1, -0.05) is 55.5 Å². The van der Waals surface area contributed by atoms with Crippen molar-refractivity contribution in [2.24, 2.45) is 18.9 Å². The van der Waals surface area contributed by atoms with E-state index in [4.69, 9.17) is 4.74 Å². The van der Waals surface area contributed by atoms with E-state index in [1.165, 1.54) is 0 Å². The van der Waals surface area contributed by atoms with Gasteiger partial charge in [0.25, 0.3) is 0 Å². The quantitative estimate of drug-likeness (QED) is 0.513. The van der Waals surface area contributed by atoms with Gasteiger partial charge in [-0.3, -0.25) is 9.59 Å². The Bertz CT molecular complexity index is 987. The number of carbonyl (C=O) groups excluding carboxylic acids is 2. The molecule has 0 unspecified atom stereocenters. The number of ether oxygens (including phenoxy) is 1. The average molecular weight is 347 g/mol. The molecule has 1 heterocycles. The number of hydrogen-bond acceptors (Lipinski definition) is 3. The van der Waals surface area contributed by atoms with Gasteiger partial charge in [0.1, 0.15) is 0 Å². The summed E-state index contributed by atoms with van der Waals surface area (Å²) in [6.07, 6.45) is 0.858. The summed E-state index contributed by atoms with van der Waals surface area (Å²) >= 11 is 0. The first kappa shape index (κ1) is 16.6. The second kappa shape index (κ2) is 6.45. The molecule has 0 radical (unpaired) electrons. The Morgan fingerprint density at radius 3 is 2.42 bits per heavy atom. The molecule has 1 aromatic heterocycles. The minimum Gasteiger partial charge on any atom is -0.457 e. The first-order valence-corrected chi connectivity index (χ1v) is 8.90. The number of rotatable bonds is 5. The number of aromatic nitrogens is 1. The highest BCUT2D eigenvalue weighted by molar-refractivity contribution is 6.14. The second-order valence-electron chi connectivity index (χ2n) is 7.02. The van der Waals surface area contributed by atoms with E-state index in [0.717, 1.165) is 28.6 Å². The molecule has 0 saturated heterocycles. The molecule has 1 aliphatic rings. The maximum Gasteiger partial charge on any atom is 0.309 e. The van der Waals surface area contributed by atoms with Crippen molar-refractivity contribution in [2.75, 3.05) is 6.61 Å². The van der Waals surface area contributed by atoms with Gasteiger partial charge in [-0.05, 0) is 24.0 Å². The number of hydrogen-bond donors (Lipinski definition) is 0. The minimum atomic E-state index is -0.257. The van der Waals surface area contributed by atoms with Crippen LogP contribution in [0, 0.1) is 11.8 Å². The summed E-state index contributed by atoms with van der Waals surface area (Å²) in [7, 11) is 1.96. The van der Waals surface area contributed by atoms with E-state index in [0.29, 0.717) is 11.5 Å². The molecule has 0 spiro atoms. The van der Waals surface area contributed by atoms with Crippen LogP contribution in [0.25, 0.3) is 22.2 Å². The average Bonchev–Trinajstić information content (AvgIpc) is 3.33. The van der Waals surface area contributed by atoms with Gasteiger partial charge in [0.15, 0.2) is 6.61 Å². The molecule has 4 rings (SSSR count). The van der Waals surface area contributed by atoms with Gasteiger partial charge in [-0.15, -0.1) is 0 Å². The lowest BCUT2D eigenvalue weighted by Crippen LogP contribution is -2.16. The van der Waals surface area contributed by atoms with Crippen LogP contribution in [0.5, 0.6) is 0 Å². The van der Waals surface area contributed by atoms with Crippen LogP contribution in [0.3, 0.4) is 0 Å². The molecule has 0 bridgehead atoms. The molecule has 4 heteroatoms. The van der Waals surface area contributed by atoms with Crippen LogP contribution in [-0.2, 0) is 16.6 Å². The van der Waals surface area contributed by atoms with Crippen LogP contribution in [0.4, 0.5) is 0 Å². The molecule has 4 nitrogen and oxygen atoms in total. The van der Waals surface area contributed by atoms with Crippen molar-refractivity contribution in [2.45, 2.75) is 13.3 Å². The Balaban J connectivity index is 1.73. The molecule has 132 valence electrons. The summed E-state index contributed by atoms with van der Waals surface area (Å²) in [5, 5.41) is 0.884. The summed E-state index contributed by atoms with van der Waals surface area (Å²) < 4.78 is 7.33. The van der Waals surface area contributed by atoms with E-state index in [1.54, 1.807) is 0 Å². The summed E-state index contributed by atoms with van der Waals surface area (Å²) in [5.41, 5.74) is 3.42. The third kappa shape index (κ3) is 2.81. The van der Waals surface area contributed by atoms with Gasteiger partial charge in [-0.25, -0.2) is 0 Å². The Kier molecular flexibility index (Phi) is 4.11. The number of esters is 1. The number of Topliss-reactive ketones (excluding diaryl/α,β-unsaturated/α-hetero) is 1. The number of aryl methyl sites for hydroxylation is 1. The molecular weight excluding hydrogens is 326 g/mol. The molecule has 0 amide bonds. The monoisotopic (exact) mass is 347 g/mol. The first-order chi connectivity index (χ1) is 12.6. The van der Waals surface area contributed by atoms with E-state index < -0.39 is 0 Å². The van der Waals surface area contributed by atoms with Gasteiger partial charge in [0.05, 0.1) is 17.2 Å². The highest BCUT2D eigenvalue weighted by atomic mass is 16.5. The first-order valence-electron chi connectivity index (χ1n) is 8.90. The Hall–Kier alpha value is -2.88. The van der Waals surface area contributed by atoms with Crippen LogP contribution in [0.15, 0.2) is 54.6 Å². The zero-order valence-corrected chi connectivity index (χ0v) is 14.9. The van der Waals surface area contributed by atoms with Crippen molar-refractivity contribution in [1.29, 1.82) is 0 Å². The molecule has 2 aromatic carbocycles. The minimum absolute atomic E-state index is 0.0380. The molecular formula is C22H21NO3. The number of carbonyl (C=O) groups is 2. The van der Waals surface area contributed by atoms with E-state index >= 15 is 0 Å². The van der Waals surface area contributed by atoms with Crippen LogP contribution in [-0.4, -0.2) is 22.9 Å². The van der Waals surface area contributed by atoms with E-state index in [1.807, 2.05) is 73.1 Å². The zero-order chi connectivity index (χ0) is 18.3. The Labute approximate surface area is 152 Å². The third-order valence-electron chi connectivity index (χ3n) is 5.19. The second-order valence-corrected chi connectivity index (χ2v) is 7.02. The van der Waals surface area contributed by atoms with Crippen molar-refractivity contribution >= 4 is 22.7 Å². The molecule has 0 N–H and O–H groups in total. The fraction of sp³-hybridized carbons (Fsp3) is 0.273. The van der Waals surface area contributed by atoms with Gasteiger partial charge < -0.3 is 9.30 Å². The van der Waals surface area contributed by atoms with Gasteiger partial charge in [-0.2, -0.15) is 0 Å². The van der Waals surface area contributed by atoms with Crippen molar-refractivity contribution in [1.82, 2.24) is 4.57 Å². The maximum atomic E-state index is 13.0. The lowest BCUT2D eigenvalue weighted by molar-refractivity contribution is -0.144. The highest BCUT2D eigenvalue weighted by Crippen LogP contribution is 2.39. The molecule has 26 heavy (non-hydrogen) atoms. The Morgan fingerprint density at radius 1 is 1.08 bits per heavy atom. The predicted octanol–water partition coefficient (Wildman–Crippen LogP) is 4.23. The summed E-state index contributed by atoms with van der Waals surface area (Å²) in [6.45, 7) is 1.81. The van der Waals surface area contributed by atoms with Crippen LogP contribution in [0.1, 0.15) is 23.7 Å². The molecule has 0 aliphatic heterocycles. The number of nitrogens with zero attached hydrogens (tertiary/aromatic N) is 1. The van der Waals surface area contributed by atoms with E-state index in [-0.39, 0.29) is 24.3 Å². The number of benzene rings is 2. The fourth-order valence-corrected chi connectivity index (χ4v) is 3.58. The van der Waals surface area contributed by atoms with Gasteiger partial charge in [0.2, 0.25) is 5.78 Å². The van der Waals surface area contributed by atoms with Crippen molar-refractivity contribution in [3.8, 4) is 11.3 Å². The van der Waals surface area contributed by atoms with Crippen molar-refractivity contribution in [3.05, 3.63) is 60.2 Å². The van der Waals surface area contributed by atoms with Crippen molar-refractivity contribution < 1.29 is 14.3 Å². The molecule has 3 aromatic rings. The van der Waals surface area contributed by atoms with E-state index in [9.17, 15) is 9.59 Å². The highest BCUT2D eigenvalue weighted by Gasteiger charge is 2.40. The van der Waals surface area contributed by atoms with Crippen LogP contribution in [0.2, 0.25) is 0 Å². The van der Waals surface area contributed by atoms with E-state index in [2.05, 4.69) is 0 Å². The number of ketones is 1. The normalized spacial score (nSPS) is 18.7. The smallest absolute Gasteiger partial charge is 0.309 e. The van der Waals surface area contributed by atoms with Crippen LogP contribution < -0.4 is 0 Å². The maximum absolute atomic E-state index is 13.0. The lowest BCUT2D eigenvalue weighted by atomic mass is 10.0. The summed E-state index contributed by atoms with van der Waals surface area (Å²) in [6, 6.07) is 17.7. The third-order valence-corrected chi connectivity index (χ3v) is 5.19. The lowest BCUT2D eigenvalue weighted by Gasteiger charge is -2.08. The largest absolute Gasteiger partial charge is 0.457 e. The molecule has 1 saturated carbocycles. The Morgan fingerprint density at radius 2 is 1.73 bits per heavy atom. The number of para-hydroxylation sites is 1.